The average molecular weight is 765 g/mol. The number of hydrogen-bond donors (Lipinski definition) is 3. The molecule has 0 aromatic rings. The van der Waals surface area contributed by atoms with Gasteiger partial charge in [-0.2, -0.15) is 0 Å². The molecule has 0 aromatic heterocycles. The molecule has 304 valence electrons. The third kappa shape index (κ3) is 40.5. The topological polar surface area (TPSA) is 140 Å². The van der Waals surface area contributed by atoms with E-state index in [1.807, 2.05) is 36.5 Å². The van der Waals surface area contributed by atoms with Gasteiger partial charge in [-0.05, 0) is 77.0 Å². The van der Waals surface area contributed by atoms with Crippen LogP contribution in [0.3, 0.4) is 0 Å². The van der Waals surface area contributed by atoms with Crippen molar-refractivity contribution < 1.29 is 43.0 Å². The predicted octanol–water partition coefficient (Wildman–Crippen LogP) is 11.3. The summed E-state index contributed by atoms with van der Waals surface area (Å²) in [5.41, 5.74) is 0. The van der Waals surface area contributed by atoms with Crippen molar-refractivity contribution in [2.75, 3.05) is 13.2 Å². The monoisotopic (exact) mass is 764 g/mol. The Morgan fingerprint density at radius 3 is 1.70 bits per heavy atom. The SMILES string of the molecule is CCCCC/C=C\C=C/[C@@H](O)C/C=C\C/C=C/CCCC(=O)OC[C@H](COP(=O)(O)O)OC(=O)CCCCCCCCC/C=C\C/C=C\CCCCC. The predicted molar refractivity (Wildman–Crippen MR) is 217 cm³/mol. The fraction of sp³-hybridized carbons (Fsp3) is 0.674. The molecule has 0 unspecified atom stereocenters. The standard InChI is InChI=1S/C43H73O9P/c1-3-5-7-9-11-12-13-14-15-16-17-18-19-20-24-29-33-37-43(46)52-41(39-51-53(47,48)49)38-50-42(45)36-32-28-25-21-23-27-31-35-40(44)34-30-26-22-10-8-6-4-2/h11-12,14-15,21-22,25-27,30-31,34,40-41,44H,3-10,13,16-20,23-24,28-29,32-33,35-39H2,1-2H3,(H2,47,48,49)/b12-11-,15-14-,25-21+,26-22-,31-27-,34-30-/t40-,41-/m1/s1. The molecule has 0 rings (SSSR count). The van der Waals surface area contributed by atoms with Gasteiger partial charge in [-0.25, -0.2) is 4.57 Å². The molecule has 0 aliphatic heterocycles. The minimum absolute atomic E-state index is 0.152. The molecule has 53 heavy (non-hydrogen) atoms. The Bertz CT molecular complexity index is 1100. The van der Waals surface area contributed by atoms with E-state index in [1.165, 1.54) is 57.8 Å². The average Bonchev–Trinajstić information content (AvgIpc) is 3.12. The Labute approximate surface area is 322 Å². The lowest BCUT2D eigenvalue weighted by Gasteiger charge is -2.18. The maximum atomic E-state index is 12.4. The first-order chi connectivity index (χ1) is 25.7. The van der Waals surface area contributed by atoms with Crippen molar-refractivity contribution in [3.05, 3.63) is 72.9 Å². The smallest absolute Gasteiger partial charge is 0.462 e. The summed E-state index contributed by atoms with van der Waals surface area (Å²) in [5.74, 6) is -1.01. The van der Waals surface area contributed by atoms with Crippen LogP contribution in [0.4, 0.5) is 0 Å². The second-order valence-corrected chi connectivity index (χ2v) is 14.7. The Balaban J connectivity index is 4.12. The molecule has 0 spiro atoms. The van der Waals surface area contributed by atoms with Crippen LogP contribution in [0, 0.1) is 0 Å². The van der Waals surface area contributed by atoms with Crippen molar-refractivity contribution in [2.45, 2.75) is 174 Å². The van der Waals surface area contributed by atoms with Gasteiger partial charge < -0.3 is 24.4 Å². The highest BCUT2D eigenvalue weighted by Crippen LogP contribution is 2.36. The zero-order chi connectivity index (χ0) is 39.1. The van der Waals surface area contributed by atoms with Gasteiger partial charge in [-0.3, -0.25) is 14.1 Å². The normalized spacial score (nSPS) is 13.8. The number of esters is 2. The van der Waals surface area contributed by atoms with Crippen LogP contribution in [0.15, 0.2) is 72.9 Å². The van der Waals surface area contributed by atoms with Crippen LogP contribution in [0.5, 0.6) is 0 Å². The van der Waals surface area contributed by atoms with E-state index in [0.717, 1.165) is 51.4 Å². The number of unbranched alkanes of at least 4 members (excludes halogenated alkanes) is 14. The molecule has 0 heterocycles. The van der Waals surface area contributed by atoms with Gasteiger partial charge in [-0.1, -0.05) is 145 Å². The minimum atomic E-state index is -4.79. The van der Waals surface area contributed by atoms with Crippen molar-refractivity contribution in [3.8, 4) is 0 Å². The molecule has 2 atom stereocenters. The largest absolute Gasteiger partial charge is 0.469 e. The van der Waals surface area contributed by atoms with E-state index in [1.54, 1.807) is 6.08 Å². The molecule has 10 heteroatoms. The Morgan fingerprint density at radius 1 is 0.585 bits per heavy atom. The van der Waals surface area contributed by atoms with E-state index in [9.17, 15) is 19.3 Å². The highest BCUT2D eigenvalue weighted by molar-refractivity contribution is 7.46. The quantitative estimate of drug-likeness (QED) is 0.0187. The van der Waals surface area contributed by atoms with Gasteiger partial charge in [-0.15, -0.1) is 0 Å². The third-order valence-electron chi connectivity index (χ3n) is 8.28. The maximum Gasteiger partial charge on any atom is 0.469 e. The Morgan fingerprint density at radius 2 is 1.09 bits per heavy atom. The number of ether oxygens (including phenoxy) is 2. The van der Waals surface area contributed by atoms with E-state index in [-0.39, 0.29) is 19.4 Å². The van der Waals surface area contributed by atoms with Crippen LogP contribution in [0.25, 0.3) is 0 Å². The third-order valence-corrected chi connectivity index (χ3v) is 8.76. The van der Waals surface area contributed by atoms with Gasteiger partial charge in [0, 0.05) is 12.8 Å². The van der Waals surface area contributed by atoms with Gasteiger partial charge in [0.1, 0.15) is 6.61 Å². The first-order valence-electron chi connectivity index (χ1n) is 20.3. The van der Waals surface area contributed by atoms with E-state index in [2.05, 4.69) is 48.8 Å². The van der Waals surface area contributed by atoms with Crippen molar-refractivity contribution >= 4 is 19.8 Å². The molecule has 0 amide bonds. The molecule has 0 aliphatic rings. The number of carbonyl (C=O) groups is 2. The summed E-state index contributed by atoms with van der Waals surface area (Å²) in [4.78, 5) is 42.8. The number of phosphoric acid groups is 1. The van der Waals surface area contributed by atoms with Gasteiger partial charge in [0.2, 0.25) is 0 Å². The number of phosphoric ester groups is 1. The lowest BCUT2D eigenvalue weighted by atomic mass is 10.1. The number of hydrogen-bond acceptors (Lipinski definition) is 7. The van der Waals surface area contributed by atoms with Gasteiger partial charge in [0.15, 0.2) is 6.10 Å². The van der Waals surface area contributed by atoms with Crippen LogP contribution in [0.2, 0.25) is 0 Å². The number of carbonyl (C=O) groups excluding carboxylic acids is 2. The fourth-order valence-electron chi connectivity index (χ4n) is 5.18. The van der Waals surface area contributed by atoms with Gasteiger partial charge >= 0.3 is 19.8 Å². The minimum Gasteiger partial charge on any atom is -0.462 e. The molecule has 0 fully saturated rings. The van der Waals surface area contributed by atoms with Crippen molar-refractivity contribution in [3.63, 3.8) is 0 Å². The van der Waals surface area contributed by atoms with Gasteiger partial charge in [0.05, 0.1) is 12.7 Å². The molecule has 0 radical (unpaired) electrons. The molecular formula is C43H73O9P. The maximum absolute atomic E-state index is 12.4. The van der Waals surface area contributed by atoms with E-state index in [0.29, 0.717) is 25.7 Å². The molecule has 9 nitrogen and oxygen atoms in total. The summed E-state index contributed by atoms with van der Waals surface area (Å²) >= 11 is 0. The van der Waals surface area contributed by atoms with Crippen LogP contribution in [-0.4, -0.2) is 52.3 Å². The molecule has 0 bridgehead atoms. The van der Waals surface area contributed by atoms with Crippen LogP contribution < -0.4 is 0 Å². The molecule has 0 aliphatic carbocycles. The lowest BCUT2D eigenvalue weighted by molar-refractivity contribution is -0.161. The molecular weight excluding hydrogens is 691 g/mol. The van der Waals surface area contributed by atoms with Gasteiger partial charge in [0.25, 0.3) is 0 Å². The van der Waals surface area contributed by atoms with Crippen LogP contribution >= 0.6 is 7.82 Å². The summed E-state index contributed by atoms with van der Waals surface area (Å²) in [6, 6.07) is 0. The first kappa shape index (κ1) is 50.5. The number of aliphatic hydroxyl groups is 1. The van der Waals surface area contributed by atoms with Crippen molar-refractivity contribution in [1.82, 2.24) is 0 Å². The second kappa shape index (κ2) is 37.8. The number of rotatable bonds is 36. The Hall–Kier alpha value is -2.55. The van der Waals surface area contributed by atoms with Crippen LogP contribution in [-0.2, 0) is 28.2 Å². The van der Waals surface area contributed by atoms with Crippen LogP contribution in [0.1, 0.15) is 162 Å². The molecule has 0 saturated carbocycles. The number of allylic oxidation sites excluding steroid dienone is 10. The highest BCUT2D eigenvalue weighted by atomic mass is 31.2. The fourth-order valence-corrected chi connectivity index (χ4v) is 5.54. The molecule has 0 saturated heterocycles. The summed E-state index contributed by atoms with van der Waals surface area (Å²) in [6.07, 6.45) is 45.0. The summed E-state index contributed by atoms with van der Waals surface area (Å²) in [5, 5.41) is 10.0. The van der Waals surface area contributed by atoms with Crippen molar-refractivity contribution in [2.24, 2.45) is 0 Å². The first-order valence-corrected chi connectivity index (χ1v) is 21.9. The zero-order valence-corrected chi connectivity index (χ0v) is 33.9. The Kier molecular flexibility index (Phi) is 35.9. The second-order valence-electron chi connectivity index (χ2n) is 13.5. The molecule has 0 aromatic carbocycles. The summed E-state index contributed by atoms with van der Waals surface area (Å²) in [6.45, 7) is 3.49. The van der Waals surface area contributed by atoms with E-state index >= 15 is 0 Å². The summed E-state index contributed by atoms with van der Waals surface area (Å²) < 4.78 is 26.3. The van der Waals surface area contributed by atoms with E-state index in [4.69, 9.17) is 19.3 Å². The molecule has 3 N–H and O–H groups in total. The lowest BCUT2D eigenvalue weighted by Crippen LogP contribution is -2.29. The van der Waals surface area contributed by atoms with Crippen molar-refractivity contribution in [1.29, 1.82) is 0 Å². The summed E-state index contributed by atoms with van der Waals surface area (Å²) in [7, 11) is -4.79. The highest BCUT2D eigenvalue weighted by Gasteiger charge is 2.22. The zero-order valence-electron chi connectivity index (χ0n) is 33.0. The van der Waals surface area contributed by atoms with E-state index < -0.39 is 38.6 Å². The number of aliphatic hydroxyl groups excluding tert-OH is 1.